The van der Waals surface area contributed by atoms with E-state index in [1.54, 1.807) is 4.90 Å². The largest absolute Gasteiger partial charge is 0.379 e. The van der Waals surface area contributed by atoms with Crippen LogP contribution in [-0.2, 0) is 20.6 Å². The Labute approximate surface area is 239 Å². The molecule has 10 heteroatoms. The number of carbonyl (C=O) groups is 1. The second kappa shape index (κ2) is 13.8. The summed E-state index contributed by atoms with van der Waals surface area (Å²) < 4.78 is 62.5. The molecule has 1 aromatic heterocycles. The number of rotatable bonds is 14. The summed E-state index contributed by atoms with van der Waals surface area (Å²) in [6.45, 7) is 9.51. The molecular formula is C31H40F3N3O4. The zero-order valence-electron chi connectivity index (χ0n) is 24.2. The van der Waals surface area contributed by atoms with Gasteiger partial charge in [0.05, 0.1) is 39.1 Å². The summed E-state index contributed by atoms with van der Waals surface area (Å²) in [5.41, 5.74) is 0.514. The molecule has 41 heavy (non-hydrogen) atoms. The van der Waals surface area contributed by atoms with E-state index in [1.165, 1.54) is 13.8 Å². The molecule has 0 radical (unpaired) electrons. The molecule has 0 bridgehead atoms. The highest BCUT2D eigenvalue weighted by Crippen LogP contribution is 2.43. The second-order valence-electron chi connectivity index (χ2n) is 10.9. The van der Waals surface area contributed by atoms with Crippen LogP contribution in [0.5, 0.6) is 0 Å². The van der Waals surface area contributed by atoms with Crippen molar-refractivity contribution in [2.45, 2.75) is 51.9 Å². The third-order valence-corrected chi connectivity index (χ3v) is 7.17. The van der Waals surface area contributed by atoms with Gasteiger partial charge in [0.2, 0.25) is 0 Å². The van der Waals surface area contributed by atoms with Gasteiger partial charge in [-0.25, -0.2) is 13.2 Å². The van der Waals surface area contributed by atoms with E-state index in [-0.39, 0.29) is 36.9 Å². The Hall–Kier alpha value is -2.92. The summed E-state index contributed by atoms with van der Waals surface area (Å²) in [4.78, 5) is 17.8. The number of amides is 1. The molecule has 0 saturated carbocycles. The molecular weight excluding hydrogens is 535 g/mol. The number of aromatic amines is 1. The fourth-order valence-electron chi connectivity index (χ4n) is 5.40. The number of alkyl halides is 1. The number of halogens is 3. The highest BCUT2D eigenvalue weighted by molar-refractivity contribution is 5.94. The lowest BCUT2D eigenvalue weighted by atomic mass is 9.87. The van der Waals surface area contributed by atoms with Gasteiger partial charge in [-0.05, 0) is 57.9 Å². The topological polar surface area (TPSA) is 75.8 Å². The number of hydrogen-bond acceptors (Lipinski definition) is 5. The number of nitrogens with one attached hydrogen (secondary N) is 2. The lowest BCUT2D eigenvalue weighted by molar-refractivity contribution is 0.0175. The lowest BCUT2D eigenvalue weighted by Crippen LogP contribution is -2.48. The van der Waals surface area contributed by atoms with Crippen LogP contribution in [-0.4, -0.2) is 80.2 Å². The van der Waals surface area contributed by atoms with E-state index in [9.17, 15) is 9.18 Å². The van der Waals surface area contributed by atoms with Crippen LogP contribution in [0.1, 0.15) is 60.9 Å². The fourth-order valence-corrected chi connectivity index (χ4v) is 5.40. The van der Waals surface area contributed by atoms with Gasteiger partial charge < -0.3 is 24.5 Å². The first-order valence-electron chi connectivity index (χ1n) is 14.1. The zero-order chi connectivity index (χ0) is 29.6. The molecule has 2 heterocycles. The second-order valence-corrected chi connectivity index (χ2v) is 10.9. The third-order valence-electron chi connectivity index (χ3n) is 7.17. The van der Waals surface area contributed by atoms with Gasteiger partial charge in [-0.15, -0.1) is 0 Å². The average Bonchev–Trinajstić information content (AvgIpc) is 3.28. The van der Waals surface area contributed by atoms with E-state index >= 15 is 8.78 Å². The molecule has 0 saturated heterocycles. The predicted molar refractivity (Wildman–Crippen MR) is 152 cm³/mol. The fraction of sp³-hybridized carbons (Fsp3) is 0.516. The quantitative estimate of drug-likeness (QED) is 0.254. The first-order valence-corrected chi connectivity index (χ1v) is 14.1. The van der Waals surface area contributed by atoms with Crippen molar-refractivity contribution in [1.29, 1.82) is 0 Å². The van der Waals surface area contributed by atoms with E-state index in [1.807, 2.05) is 38.1 Å². The molecule has 0 aliphatic carbocycles. The molecule has 1 aliphatic rings. The number of nitrogens with zero attached hydrogens (tertiary/aromatic N) is 1. The van der Waals surface area contributed by atoms with Crippen LogP contribution in [0.3, 0.4) is 0 Å². The monoisotopic (exact) mass is 575 g/mol. The van der Waals surface area contributed by atoms with Gasteiger partial charge in [-0.1, -0.05) is 18.2 Å². The van der Waals surface area contributed by atoms with Gasteiger partial charge in [0.15, 0.2) is 0 Å². The minimum Gasteiger partial charge on any atom is -0.379 e. The maximum absolute atomic E-state index is 15.8. The number of fused-ring (bicyclic) bond motifs is 3. The number of benzene rings is 2. The molecule has 0 fully saturated rings. The van der Waals surface area contributed by atoms with Crippen LogP contribution >= 0.6 is 0 Å². The van der Waals surface area contributed by atoms with E-state index in [0.29, 0.717) is 45.1 Å². The number of para-hydroxylation sites is 1. The van der Waals surface area contributed by atoms with Crippen molar-refractivity contribution in [3.63, 3.8) is 0 Å². The van der Waals surface area contributed by atoms with Gasteiger partial charge in [0.1, 0.15) is 17.3 Å². The van der Waals surface area contributed by atoms with Gasteiger partial charge in [0.25, 0.3) is 5.91 Å². The molecule has 2 aromatic carbocycles. The van der Waals surface area contributed by atoms with Crippen molar-refractivity contribution in [3.05, 3.63) is 70.4 Å². The van der Waals surface area contributed by atoms with Crippen molar-refractivity contribution in [2.24, 2.45) is 0 Å². The Bertz CT molecular complexity index is 1300. The van der Waals surface area contributed by atoms with Gasteiger partial charge in [-0.3, -0.25) is 9.69 Å². The standard InChI is InChI=1S/C31H40F3N3O4/c1-5-39-12-13-41-15-14-40-11-10-35-30(38)21-17-24(32)27(25(33)18-21)29-28-23(22-8-6-7-9-26(22)36-28)16-20(2)37(29)19-31(3,4)34/h6-9,17-18,20,29,36H,5,10-16,19H2,1-4H3,(H,35,38)/t20-,29-/m1/s1. The van der Waals surface area contributed by atoms with Crippen LogP contribution in [0, 0.1) is 11.6 Å². The van der Waals surface area contributed by atoms with Crippen molar-refractivity contribution in [2.75, 3.05) is 52.7 Å². The summed E-state index contributed by atoms with van der Waals surface area (Å²) in [7, 11) is 0. The highest BCUT2D eigenvalue weighted by atomic mass is 19.1. The molecule has 1 amide bonds. The third kappa shape index (κ3) is 7.68. The Morgan fingerprint density at radius 1 is 1.05 bits per heavy atom. The molecule has 224 valence electrons. The van der Waals surface area contributed by atoms with Crippen LogP contribution in [0.2, 0.25) is 0 Å². The SMILES string of the molecule is CCOCCOCCOCCNC(=O)c1cc(F)c([C@@H]2c3[nH]c4ccccc4c3C[C@@H](C)N2CC(C)(C)F)c(F)c1. The van der Waals surface area contributed by atoms with Crippen molar-refractivity contribution in [3.8, 4) is 0 Å². The smallest absolute Gasteiger partial charge is 0.251 e. The molecule has 7 nitrogen and oxygen atoms in total. The number of H-pyrrole nitrogens is 1. The van der Waals surface area contributed by atoms with Gasteiger partial charge in [-0.2, -0.15) is 0 Å². The van der Waals surface area contributed by atoms with E-state index in [0.717, 1.165) is 28.6 Å². The van der Waals surface area contributed by atoms with E-state index in [2.05, 4.69) is 10.3 Å². The Morgan fingerprint density at radius 2 is 1.68 bits per heavy atom. The van der Waals surface area contributed by atoms with Crippen LogP contribution in [0.25, 0.3) is 10.9 Å². The number of ether oxygens (including phenoxy) is 3. The Balaban J connectivity index is 1.49. The van der Waals surface area contributed by atoms with Gasteiger partial charge in [0, 0.05) is 53.5 Å². The van der Waals surface area contributed by atoms with Gasteiger partial charge >= 0.3 is 0 Å². The maximum atomic E-state index is 15.8. The molecule has 1 aliphatic heterocycles. The summed E-state index contributed by atoms with van der Waals surface area (Å²) in [6, 6.07) is 8.72. The van der Waals surface area contributed by atoms with Crippen molar-refractivity contribution < 1.29 is 32.2 Å². The zero-order valence-corrected chi connectivity index (χ0v) is 24.2. The molecule has 3 aromatic rings. The molecule has 2 N–H and O–H groups in total. The molecule has 2 atom stereocenters. The highest BCUT2D eigenvalue weighted by Gasteiger charge is 2.41. The molecule has 4 rings (SSSR count). The lowest BCUT2D eigenvalue weighted by Gasteiger charge is -2.43. The molecule has 0 spiro atoms. The molecule has 0 unspecified atom stereocenters. The van der Waals surface area contributed by atoms with E-state index in [4.69, 9.17) is 14.2 Å². The summed E-state index contributed by atoms with van der Waals surface area (Å²) >= 11 is 0. The van der Waals surface area contributed by atoms with Crippen LogP contribution in [0.15, 0.2) is 36.4 Å². The van der Waals surface area contributed by atoms with Crippen LogP contribution in [0.4, 0.5) is 13.2 Å². The average molecular weight is 576 g/mol. The number of aromatic nitrogens is 1. The summed E-state index contributed by atoms with van der Waals surface area (Å²) in [5.74, 6) is -2.34. The van der Waals surface area contributed by atoms with Crippen molar-refractivity contribution >= 4 is 16.8 Å². The number of carbonyl (C=O) groups excluding carboxylic acids is 1. The normalized spacial score (nSPS) is 17.6. The minimum absolute atomic E-state index is 0.0215. The van der Waals surface area contributed by atoms with E-state index < -0.39 is 29.3 Å². The first-order chi connectivity index (χ1) is 19.6. The Morgan fingerprint density at radius 3 is 2.34 bits per heavy atom. The van der Waals surface area contributed by atoms with Crippen molar-refractivity contribution in [1.82, 2.24) is 15.2 Å². The summed E-state index contributed by atoms with van der Waals surface area (Å²) in [6.07, 6.45) is 0.608. The first kappa shape index (κ1) is 31.0. The number of hydrogen-bond donors (Lipinski definition) is 2. The minimum atomic E-state index is -1.60. The Kier molecular flexibility index (Phi) is 10.5. The summed E-state index contributed by atoms with van der Waals surface area (Å²) in [5, 5.41) is 3.61. The van der Waals surface area contributed by atoms with Crippen LogP contribution < -0.4 is 5.32 Å². The predicted octanol–water partition coefficient (Wildman–Crippen LogP) is 5.33. The maximum Gasteiger partial charge on any atom is 0.251 e.